The molecule has 4 aromatic rings. The third kappa shape index (κ3) is 2.93. The van der Waals surface area contributed by atoms with Crippen LogP contribution in [0.15, 0.2) is 60.7 Å². The molecule has 0 amide bonds. The fourth-order valence-electron chi connectivity index (χ4n) is 3.28. The number of benzene rings is 3. The van der Waals surface area contributed by atoms with Gasteiger partial charge >= 0.3 is 12.4 Å². The fraction of sp³-hybridized carbons (Fsp3) is 0.150. The molecular formula is C20H12F6N2O. The SMILES string of the molecule is OC(c1ccc2nc(-c3cccc4ccccc34)[nH]c2c1)(C(F)(F)F)C(F)(F)F. The summed E-state index contributed by atoms with van der Waals surface area (Å²) in [4.78, 5) is 7.04. The number of halogens is 6. The van der Waals surface area contributed by atoms with E-state index < -0.39 is 23.5 Å². The Labute approximate surface area is 159 Å². The van der Waals surface area contributed by atoms with E-state index in [4.69, 9.17) is 0 Å². The van der Waals surface area contributed by atoms with Gasteiger partial charge in [-0.15, -0.1) is 0 Å². The number of fused-ring (bicyclic) bond motifs is 2. The molecule has 150 valence electrons. The Morgan fingerprint density at radius 2 is 1.45 bits per heavy atom. The zero-order valence-corrected chi connectivity index (χ0v) is 14.4. The van der Waals surface area contributed by atoms with Crippen LogP contribution >= 0.6 is 0 Å². The van der Waals surface area contributed by atoms with Gasteiger partial charge < -0.3 is 10.1 Å². The molecule has 29 heavy (non-hydrogen) atoms. The highest BCUT2D eigenvalue weighted by Gasteiger charge is 2.71. The molecular weight excluding hydrogens is 398 g/mol. The van der Waals surface area contributed by atoms with Gasteiger partial charge in [0.1, 0.15) is 5.82 Å². The zero-order valence-electron chi connectivity index (χ0n) is 14.4. The molecule has 3 aromatic carbocycles. The quantitative estimate of drug-likeness (QED) is 0.417. The predicted octanol–water partition coefficient (Wildman–Crippen LogP) is 5.70. The maximum absolute atomic E-state index is 13.1. The van der Waals surface area contributed by atoms with Crippen LogP contribution in [0.2, 0.25) is 0 Å². The van der Waals surface area contributed by atoms with E-state index in [2.05, 4.69) is 9.97 Å². The average Bonchev–Trinajstić information content (AvgIpc) is 3.08. The van der Waals surface area contributed by atoms with Crippen LogP contribution < -0.4 is 0 Å². The van der Waals surface area contributed by atoms with Gasteiger partial charge in [0, 0.05) is 11.1 Å². The number of imidazole rings is 1. The first-order valence-corrected chi connectivity index (χ1v) is 8.36. The monoisotopic (exact) mass is 410 g/mol. The van der Waals surface area contributed by atoms with Crippen molar-refractivity contribution in [2.45, 2.75) is 18.0 Å². The molecule has 0 unspecified atom stereocenters. The molecule has 2 N–H and O–H groups in total. The van der Waals surface area contributed by atoms with E-state index in [9.17, 15) is 31.4 Å². The van der Waals surface area contributed by atoms with Crippen molar-refractivity contribution in [1.29, 1.82) is 0 Å². The summed E-state index contributed by atoms with van der Waals surface area (Å²) in [6, 6.07) is 14.9. The van der Waals surface area contributed by atoms with Crippen molar-refractivity contribution < 1.29 is 31.4 Å². The van der Waals surface area contributed by atoms with Gasteiger partial charge in [0.05, 0.1) is 11.0 Å². The van der Waals surface area contributed by atoms with Crippen LogP contribution in [0.4, 0.5) is 26.3 Å². The minimum atomic E-state index is -5.95. The molecule has 1 aromatic heterocycles. The van der Waals surface area contributed by atoms with Crippen molar-refractivity contribution in [2.75, 3.05) is 0 Å². The summed E-state index contributed by atoms with van der Waals surface area (Å²) in [5, 5.41) is 11.3. The van der Waals surface area contributed by atoms with E-state index in [1.165, 1.54) is 0 Å². The van der Waals surface area contributed by atoms with E-state index in [1.807, 2.05) is 24.3 Å². The predicted molar refractivity (Wildman–Crippen MR) is 95.0 cm³/mol. The molecule has 0 fully saturated rings. The summed E-state index contributed by atoms with van der Waals surface area (Å²) < 4.78 is 78.8. The standard InChI is InChI=1S/C20H12F6N2O/c21-19(22,23)18(29,20(24,25)26)12-8-9-15-16(10-12)28-17(27-15)14-7-3-5-11-4-1-2-6-13(11)14/h1-10,29H,(H,27,28). The number of aliphatic hydroxyl groups is 1. The Morgan fingerprint density at radius 1 is 0.793 bits per heavy atom. The second-order valence-corrected chi connectivity index (χ2v) is 6.55. The minimum absolute atomic E-state index is 0.0580. The van der Waals surface area contributed by atoms with E-state index in [0.717, 1.165) is 16.8 Å². The van der Waals surface area contributed by atoms with E-state index >= 15 is 0 Å². The van der Waals surface area contributed by atoms with Gasteiger partial charge in [-0.05, 0) is 22.9 Å². The van der Waals surface area contributed by atoms with Gasteiger partial charge in [0.15, 0.2) is 0 Å². The first kappa shape index (κ1) is 19.3. The molecule has 3 nitrogen and oxygen atoms in total. The largest absolute Gasteiger partial charge is 0.430 e. The van der Waals surface area contributed by atoms with Crippen LogP contribution in [-0.2, 0) is 5.60 Å². The molecule has 0 saturated heterocycles. The number of hydrogen-bond acceptors (Lipinski definition) is 2. The highest BCUT2D eigenvalue weighted by molar-refractivity contribution is 5.96. The van der Waals surface area contributed by atoms with Gasteiger partial charge in [0.25, 0.3) is 5.60 Å². The summed E-state index contributed by atoms with van der Waals surface area (Å²) in [7, 11) is 0. The molecule has 0 bridgehead atoms. The second-order valence-electron chi connectivity index (χ2n) is 6.55. The maximum Gasteiger partial charge on any atom is 0.430 e. The van der Waals surface area contributed by atoms with Crippen molar-refractivity contribution in [3.05, 3.63) is 66.2 Å². The zero-order chi connectivity index (χ0) is 21.0. The molecule has 0 saturated carbocycles. The highest BCUT2D eigenvalue weighted by atomic mass is 19.4. The number of H-pyrrole nitrogens is 1. The molecule has 1 heterocycles. The summed E-state index contributed by atoms with van der Waals surface area (Å²) in [6.45, 7) is 0. The van der Waals surface area contributed by atoms with Crippen LogP contribution in [0, 0.1) is 0 Å². The van der Waals surface area contributed by atoms with Gasteiger partial charge in [-0.3, -0.25) is 0 Å². The van der Waals surface area contributed by atoms with Crippen LogP contribution in [-0.4, -0.2) is 27.4 Å². The van der Waals surface area contributed by atoms with Gasteiger partial charge in [-0.1, -0.05) is 48.5 Å². The number of nitrogens with one attached hydrogen (secondary N) is 1. The van der Waals surface area contributed by atoms with Crippen molar-refractivity contribution in [3.63, 3.8) is 0 Å². The maximum atomic E-state index is 13.1. The third-order valence-electron chi connectivity index (χ3n) is 4.76. The number of aromatic nitrogens is 2. The summed E-state index contributed by atoms with van der Waals surface area (Å²) in [5.41, 5.74) is -5.57. The van der Waals surface area contributed by atoms with Gasteiger partial charge in [-0.25, -0.2) is 4.98 Å². The number of nitrogens with zero attached hydrogens (tertiary/aromatic N) is 1. The van der Waals surface area contributed by atoms with Crippen LogP contribution in [0.1, 0.15) is 5.56 Å². The fourth-order valence-corrected chi connectivity index (χ4v) is 3.28. The number of alkyl halides is 6. The molecule has 4 rings (SSSR count). The Hall–Kier alpha value is -3.07. The van der Waals surface area contributed by atoms with Gasteiger partial charge in [0.2, 0.25) is 0 Å². The van der Waals surface area contributed by atoms with Crippen LogP contribution in [0.25, 0.3) is 33.2 Å². The average molecular weight is 410 g/mol. The van der Waals surface area contributed by atoms with Crippen LogP contribution in [0.5, 0.6) is 0 Å². The Morgan fingerprint density at radius 3 is 2.14 bits per heavy atom. The van der Waals surface area contributed by atoms with Crippen molar-refractivity contribution in [2.24, 2.45) is 0 Å². The third-order valence-corrected chi connectivity index (χ3v) is 4.76. The number of hydrogen-bond donors (Lipinski definition) is 2. The molecule has 0 aliphatic carbocycles. The smallest absolute Gasteiger partial charge is 0.369 e. The lowest BCUT2D eigenvalue weighted by Gasteiger charge is -2.32. The lowest BCUT2D eigenvalue weighted by Crippen LogP contribution is -2.53. The first-order valence-electron chi connectivity index (χ1n) is 8.36. The van der Waals surface area contributed by atoms with Gasteiger partial charge in [-0.2, -0.15) is 26.3 Å². The first-order chi connectivity index (χ1) is 13.5. The van der Waals surface area contributed by atoms with E-state index in [1.54, 1.807) is 18.2 Å². The lowest BCUT2D eigenvalue weighted by atomic mass is 9.92. The van der Waals surface area contributed by atoms with Crippen molar-refractivity contribution in [1.82, 2.24) is 9.97 Å². The van der Waals surface area contributed by atoms with Crippen molar-refractivity contribution >= 4 is 21.8 Å². The molecule has 9 heteroatoms. The molecule has 0 spiro atoms. The highest BCUT2D eigenvalue weighted by Crippen LogP contribution is 2.50. The summed E-state index contributed by atoms with van der Waals surface area (Å²) in [5.74, 6) is 0.288. The van der Waals surface area contributed by atoms with Crippen molar-refractivity contribution in [3.8, 4) is 11.4 Å². The Bertz CT molecular complexity index is 1190. The molecule has 0 atom stereocenters. The van der Waals surface area contributed by atoms with E-state index in [0.29, 0.717) is 17.7 Å². The van der Waals surface area contributed by atoms with E-state index in [-0.39, 0.29) is 16.9 Å². The Balaban J connectivity index is 1.89. The number of rotatable bonds is 2. The lowest BCUT2D eigenvalue weighted by molar-refractivity contribution is -0.376. The molecule has 0 radical (unpaired) electrons. The van der Waals surface area contributed by atoms with Crippen LogP contribution in [0.3, 0.4) is 0 Å². The normalized spacial score (nSPS) is 13.3. The molecule has 0 aliphatic heterocycles. The molecule has 0 aliphatic rings. The number of aromatic amines is 1. The minimum Gasteiger partial charge on any atom is -0.369 e. The topological polar surface area (TPSA) is 48.9 Å². The summed E-state index contributed by atoms with van der Waals surface area (Å²) in [6.07, 6.45) is -11.9. The Kier molecular flexibility index (Phi) is 4.13. The second kappa shape index (κ2) is 6.21. The summed E-state index contributed by atoms with van der Waals surface area (Å²) >= 11 is 0.